The lowest BCUT2D eigenvalue weighted by Crippen LogP contribution is -2.34. The maximum Gasteiger partial charge on any atom is 0.321 e. The van der Waals surface area contributed by atoms with Crippen LogP contribution in [0.2, 0.25) is 0 Å². The lowest BCUT2D eigenvalue weighted by molar-refractivity contribution is 0.0661. The van der Waals surface area contributed by atoms with Crippen molar-refractivity contribution >= 4 is 31.5 Å². The van der Waals surface area contributed by atoms with Crippen molar-refractivity contribution in [2.75, 3.05) is 11.8 Å². The van der Waals surface area contributed by atoms with Gasteiger partial charge in [0.05, 0.1) is 11.8 Å². The molecule has 4 aromatic rings. The first-order valence-corrected chi connectivity index (χ1v) is 13.2. The van der Waals surface area contributed by atoms with Crippen molar-refractivity contribution in [1.82, 2.24) is 0 Å². The van der Waals surface area contributed by atoms with Crippen LogP contribution < -0.4 is 0 Å². The van der Waals surface area contributed by atoms with Crippen molar-refractivity contribution in [2.45, 2.75) is 11.2 Å². The lowest BCUT2D eigenvalue weighted by Gasteiger charge is -2.36. The summed E-state index contributed by atoms with van der Waals surface area (Å²) >= 11 is 13.1. The molecule has 34 heavy (non-hydrogen) atoms. The smallest absolute Gasteiger partial charge is 0.293 e. The van der Waals surface area contributed by atoms with Gasteiger partial charge in [-0.1, -0.05) is 121 Å². The largest absolute Gasteiger partial charge is 0.321 e. The summed E-state index contributed by atoms with van der Waals surface area (Å²) in [4.78, 5) is 0. The van der Waals surface area contributed by atoms with E-state index in [4.69, 9.17) is 32.2 Å². The van der Waals surface area contributed by atoms with E-state index in [0.717, 1.165) is 22.3 Å². The Kier molecular flexibility index (Phi) is 8.26. The number of hydrogen-bond donors (Lipinski definition) is 0. The Morgan fingerprint density at radius 3 is 0.941 bits per heavy atom. The van der Waals surface area contributed by atoms with Gasteiger partial charge in [-0.2, -0.15) is 0 Å². The molecule has 0 bridgehead atoms. The number of benzene rings is 4. The minimum absolute atomic E-state index is 0.0470. The van der Waals surface area contributed by atoms with E-state index in [9.17, 15) is 4.57 Å². The molecule has 0 amide bonds. The third kappa shape index (κ3) is 5.00. The Balaban J connectivity index is 1.77. The van der Waals surface area contributed by atoms with Crippen LogP contribution in [-0.4, -0.2) is 11.8 Å². The van der Waals surface area contributed by atoms with Crippen LogP contribution in [0.25, 0.3) is 0 Å². The zero-order chi connectivity index (χ0) is 23.9. The minimum atomic E-state index is -3.13. The Morgan fingerprint density at radius 1 is 0.500 bits per heavy atom. The normalized spacial score (nSPS) is 12.1. The van der Waals surface area contributed by atoms with Crippen molar-refractivity contribution in [1.29, 1.82) is 0 Å². The monoisotopic (exact) mass is 510 g/mol. The quantitative estimate of drug-likeness (QED) is 0.161. The minimum Gasteiger partial charge on any atom is -0.293 e. The average molecular weight is 511 g/mol. The Morgan fingerprint density at radius 2 is 0.735 bits per heavy atom. The maximum atomic E-state index is 13.7. The predicted molar refractivity (Wildman–Crippen MR) is 140 cm³/mol. The summed E-state index contributed by atoms with van der Waals surface area (Å²) in [7, 11) is -3.13. The number of alkyl halides is 2. The number of rotatable bonds is 10. The van der Waals surface area contributed by atoms with Gasteiger partial charge in [0.15, 0.2) is 0 Å². The molecule has 0 aromatic heterocycles. The fourth-order valence-corrected chi connectivity index (χ4v) is 6.20. The first kappa shape index (κ1) is 24.7. The molecule has 0 aliphatic carbocycles. The van der Waals surface area contributed by atoms with Gasteiger partial charge in [-0.3, -0.25) is 13.6 Å². The Labute approximate surface area is 211 Å². The van der Waals surface area contributed by atoms with Gasteiger partial charge in [0.2, 0.25) is 0 Å². The van der Waals surface area contributed by atoms with E-state index in [1.807, 2.05) is 121 Å². The second kappa shape index (κ2) is 11.4. The predicted octanol–water partition coefficient (Wildman–Crippen LogP) is 7.77. The van der Waals surface area contributed by atoms with Crippen molar-refractivity contribution in [2.24, 2.45) is 0 Å². The van der Waals surface area contributed by atoms with Gasteiger partial charge >= 0.3 is 8.25 Å². The number of hydrogen-bond acceptors (Lipinski definition) is 3. The molecule has 0 aliphatic heterocycles. The molecule has 0 atom stereocenters. The van der Waals surface area contributed by atoms with Crippen LogP contribution >= 0.6 is 31.5 Å². The summed E-state index contributed by atoms with van der Waals surface area (Å²) in [6.45, 7) is 0. The highest BCUT2D eigenvalue weighted by molar-refractivity contribution is 7.33. The van der Waals surface area contributed by atoms with Crippen LogP contribution in [0.15, 0.2) is 121 Å². The molecule has 0 saturated heterocycles. The maximum absolute atomic E-state index is 13.7. The van der Waals surface area contributed by atoms with E-state index in [1.165, 1.54) is 0 Å². The van der Waals surface area contributed by atoms with Crippen molar-refractivity contribution in [3.8, 4) is 0 Å². The fourth-order valence-electron chi connectivity index (χ4n) is 4.07. The molecule has 0 spiro atoms. The molecule has 4 rings (SSSR count). The van der Waals surface area contributed by atoms with E-state index >= 15 is 0 Å². The fraction of sp³-hybridized carbons (Fsp3) is 0.143. The standard InChI is InChI=1S/C28H25Cl2O3P/c29-21-27(23-13-5-1-6-14-23,24-15-7-2-8-16-24)32-34(31)33-28(22-30,25-17-9-3-10-18-25)26-19-11-4-12-20-26/h1-20,34H,21-22H2. The molecule has 0 radical (unpaired) electrons. The summed E-state index contributed by atoms with van der Waals surface area (Å²) in [6.07, 6.45) is 0. The first-order chi connectivity index (χ1) is 16.6. The van der Waals surface area contributed by atoms with Crippen LogP contribution in [0.1, 0.15) is 22.3 Å². The van der Waals surface area contributed by atoms with Gasteiger partial charge in [-0.05, 0) is 22.3 Å². The van der Waals surface area contributed by atoms with Crippen LogP contribution in [0.3, 0.4) is 0 Å². The van der Waals surface area contributed by atoms with Gasteiger partial charge in [0.25, 0.3) is 0 Å². The average Bonchev–Trinajstić information content (AvgIpc) is 2.92. The van der Waals surface area contributed by atoms with Gasteiger partial charge in [0.1, 0.15) is 11.2 Å². The van der Waals surface area contributed by atoms with E-state index in [0.29, 0.717) is 0 Å². The SMILES string of the molecule is O=[PH](OC(CCl)(c1ccccc1)c1ccccc1)OC(CCl)(c1ccccc1)c1ccccc1. The van der Waals surface area contributed by atoms with Crippen LogP contribution in [0, 0.1) is 0 Å². The molecule has 4 aromatic carbocycles. The highest BCUT2D eigenvalue weighted by Crippen LogP contribution is 2.49. The molecular weight excluding hydrogens is 486 g/mol. The van der Waals surface area contributed by atoms with E-state index in [-0.39, 0.29) is 11.8 Å². The Bertz CT molecular complexity index is 1020. The van der Waals surface area contributed by atoms with E-state index in [2.05, 4.69) is 0 Å². The summed E-state index contributed by atoms with van der Waals surface area (Å²) in [5.41, 5.74) is 0.822. The zero-order valence-corrected chi connectivity index (χ0v) is 21.0. The van der Waals surface area contributed by atoms with Gasteiger partial charge < -0.3 is 0 Å². The lowest BCUT2D eigenvalue weighted by atomic mass is 9.88. The number of halogens is 2. The molecule has 0 N–H and O–H groups in total. The topological polar surface area (TPSA) is 35.5 Å². The van der Waals surface area contributed by atoms with Crippen molar-refractivity contribution < 1.29 is 13.6 Å². The second-order valence-corrected chi connectivity index (χ2v) is 9.28. The van der Waals surface area contributed by atoms with Gasteiger partial charge in [0, 0.05) is 0 Å². The highest BCUT2D eigenvalue weighted by Gasteiger charge is 2.41. The van der Waals surface area contributed by atoms with Crippen molar-refractivity contribution in [3.05, 3.63) is 144 Å². The summed E-state index contributed by atoms with van der Waals surface area (Å²) in [5.74, 6) is 0.0939. The molecule has 0 unspecified atom stereocenters. The van der Waals surface area contributed by atoms with Crippen LogP contribution in [0.5, 0.6) is 0 Å². The summed E-state index contributed by atoms with van der Waals surface area (Å²) in [6, 6.07) is 38.1. The first-order valence-electron chi connectivity index (χ1n) is 10.9. The van der Waals surface area contributed by atoms with Gasteiger partial charge in [-0.25, -0.2) is 0 Å². The summed E-state index contributed by atoms with van der Waals surface area (Å²) in [5, 5.41) is 0. The molecular formula is C28H25Cl2O3P. The third-order valence-corrected chi connectivity index (χ3v) is 7.63. The van der Waals surface area contributed by atoms with Crippen LogP contribution in [0.4, 0.5) is 0 Å². The molecule has 0 heterocycles. The molecule has 0 aliphatic rings. The molecule has 0 fully saturated rings. The Hall–Kier alpha value is -2.39. The molecule has 6 heteroatoms. The zero-order valence-electron chi connectivity index (χ0n) is 18.4. The van der Waals surface area contributed by atoms with E-state index < -0.39 is 19.5 Å². The molecule has 0 saturated carbocycles. The third-order valence-electron chi connectivity index (χ3n) is 5.85. The molecule has 174 valence electrons. The van der Waals surface area contributed by atoms with E-state index in [1.54, 1.807) is 0 Å². The molecule has 3 nitrogen and oxygen atoms in total. The van der Waals surface area contributed by atoms with Crippen LogP contribution in [-0.2, 0) is 24.8 Å². The van der Waals surface area contributed by atoms with Crippen molar-refractivity contribution in [3.63, 3.8) is 0 Å². The summed E-state index contributed by atoms with van der Waals surface area (Å²) < 4.78 is 26.3. The second-order valence-electron chi connectivity index (χ2n) is 7.84. The van der Waals surface area contributed by atoms with Gasteiger partial charge in [-0.15, -0.1) is 23.2 Å². The highest BCUT2D eigenvalue weighted by atomic mass is 35.5.